The van der Waals surface area contributed by atoms with Crippen molar-refractivity contribution in [3.05, 3.63) is 65.0 Å². The second-order valence-corrected chi connectivity index (χ2v) is 4.88. The maximum absolute atomic E-state index is 13.4. The van der Waals surface area contributed by atoms with Crippen LogP contribution in [0.1, 0.15) is 28.4 Å². The van der Waals surface area contributed by atoms with E-state index in [0.29, 0.717) is 18.7 Å². The number of nitrogens with two attached hydrogens (primary N) is 1. The molecule has 2 aromatic rings. The van der Waals surface area contributed by atoms with Crippen molar-refractivity contribution in [3.63, 3.8) is 0 Å². The summed E-state index contributed by atoms with van der Waals surface area (Å²) in [4.78, 5) is 14.3. The van der Waals surface area contributed by atoms with E-state index in [9.17, 15) is 9.18 Å². The molecule has 21 heavy (non-hydrogen) atoms. The number of hydrogen-bond acceptors (Lipinski definition) is 2. The van der Waals surface area contributed by atoms with Crippen molar-refractivity contribution in [1.82, 2.24) is 0 Å². The molecule has 0 bridgehead atoms. The first-order valence-electron chi connectivity index (χ1n) is 6.93. The molecule has 1 amide bonds. The average Bonchev–Trinajstić information content (AvgIpc) is 2.51. The van der Waals surface area contributed by atoms with Crippen LogP contribution >= 0.6 is 0 Å². The summed E-state index contributed by atoms with van der Waals surface area (Å²) < 4.78 is 13.4. The highest BCUT2D eigenvalue weighted by molar-refractivity contribution is 6.07. The number of rotatable bonds is 4. The number of carbonyl (C=O) groups is 1. The molecule has 0 aliphatic carbocycles. The predicted octanol–water partition coefficient (Wildman–Crippen LogP) is 3.26. The number of benzene rings is 2. The van der Waals surface area contributed by atoms with Gasteiger partial charge in [-0.1, -0.05) is 18.2 Å². The van der Waals surface area contributed by atoms with Gasteiger partial charge in [0.1, 0.15) is 5.82 Å². The Morgan fingerprint density at radius 2 is 1.86 bits per heavy atom. The van der Waals surface area contributed by atoms with Crippen LogP contribution in [0.2, 0.25) is 0 Å². The Morgan fingerprint density at radius 3 is 2.43 bits per heavy atom. The number of nitrogens with zero attached hydrogens (tertiary/aromatic N) is 1. The van der Waals surface area contributed by atoms with E-state index in [1.165, 1.54) is 12.1 Å². The third-order valence-electron chi connectivity index (χ3n) is 3.48. The van der Waals surface area contributed by atoms with Gasteiger partial charge in [0.2, 0.25) is 0 Å². The topological polar surface area (TPSA) is 46.3 Å². The summed E-state index contributed by atoms with van der Waals surface area (Å²) >= 11 is 0. The van der Waals surface area contributed by atoms with Gasteiger partial charge in [-0.25, -0.2) is 4.39 Å². The van der Waals surface area contributed by atoms with Crippen LogP contribution in [0.4, 0.5) is 10.1 Å². The van der Waals surface area contributed by atoms with Gasteiger partial charge in [-0.2, -0.15) is 0 Å². The number of aryl methyl sites for hydroxylation is 1. The van der Waals surface area contributed by atoms with Gasteiger partial charge in [0.05, 0.1) is 0 Å². The van der Waals surface area contributed by atoms with E-state index < -0.39 is 5.82 Å². The molecular formula is C17H19FN2O. The molecule has 110 valence electrons. The summed E-state index contributed by atoms with van der Waals surface area (Å²) in [6, 6.07) is 11.8. The lowest BCUT2D eigenvalue weighted by molar-refractivity contribution is 0.0987. The smallest absolute Gasteiger partial charge is 0.258 e. The molecule has 0 unspecified atom stereocenters. The summed E-state index contributed by atoms with van der Waals surface area (Å²) in [5.41, 5.74) is 8.51. The number of halogens is 1. The molecule has 0 atom stereocenters. The van der Waals surface area contributed by atoms with Gasteiger partial charge in [-0.3, -0.25) is 4.79 Å². The first-order valence-corrected chi connectivity index (χ1v) is 6.93. The van der Waals surface area contributed by atoms with Crippen molar-refractivity contribution >= 4 is 11.6 Å². The standard InChI is InChI=1S/C17H19FN2O/c1-3-20(15-8-5-13(11-19)6-9-15)17(21)16-10-14(18)7-4-12(16)2/h4-10H,3,11,19H2,1-2H3. The van der Waals surface area contributed by atoms with Crippen LogP contribution in [0, 0.1) is 12.7 Å². The van der Waals surface area contributed by atoms with E-state index in [4.69, 9.17) is 5.73 Å². The highest BCUT2D eigenvalue weighted by atomic mass is 19.1. The fraction of sp³-hybridized carbons (Fsp3) is 0.235. The van der Waals surface area contributed by atoms with Gasteiger partial charge in [0, 0.05) is 24.3 Å². The Labute approximate surface area is 124 Å². The van der Waals surface area contributed by atoms with E-state index in [-0.39, 0.29) is 5.91 Å². The lowest BCUT2D eigenvalue weighted by Crippen LogP contribution is -2.31. The van der Waals surface area contributed by atoms with Crippen molar-refractivity contribution in [2.45, 2.75) is 20.4 Å². The van der Waals surface area contributed by atoms with Crippen LogP contribution in [0.3, 0.4) is 0 Å². The summed E-state index contributed by atoms with van der Waals surface area (Å²) in [5.74, 6) is -0.603. The Balaban J connectivity index is 2.35. The van der Waals surface area contributed by atoms with E-state index >= 15 is 0 Å². The predicted molar refractivity (Wildman–Crippen MR) is 82.8 cm³/mol. The van der Waals surface area contributed by atoms with Gasteiger partial charge in [0.25, 0.3) is 5.91 Å². The normalized spacial score (nSPS) is 10.5. The van der Waals surface area contributed by atoms with E-state index in [0.717, 1.165) is 16.8 Å². The molecule has 0 saturated heterocycles. The second-order valence-electron chi connectivity index (χ2n) is 4.88. The van der Waals surface area contributed by atoms with E-state index in [2.05, 4.69) is 0 Å². The zero-order valence-electron chi connectivity index (χ0n) is 12.3. The monoisotopic (exact) mass is 286 g/mol. The number of hydrogen-bond donors (Lipinski definition) is 1. The number of amides is 1. The molecular weight excluding hydrogens is 267 g/mol. The molecule has 3 nitrogen and oxygen atoms in total. The molecule has 4 heteroatoms. The maximum Gasteiger partial charge on any atom is 0.258 e. The van der Waals surface area contributed by atoms with Crippen molar-refractivity contribution in [2.24, 2.45) is 5.73 Å². The van der Waals surface area contributed by atoms with Gasteiger partial charge >= 0.3 is 0 Å². The minimum atomic E-state index is -0.404. The zero-order valence-corrected chi connectivity index (χ0v) is 12.3. The van der Waals surface area contributed by atoms with Crippen LogP contribution in [-0.4, -0.2) is 12.5 Å². The second kappa shape index (κ2) is 6.50. The molecule has 2 rings (SSSR count). The molecule has 0 heterocycles. The summed E-state index contributed by atoms with van der Waals surface area (Å²) in [6.45, 7) is 4.67. The maximum atomic E-state index is 13.4. The third-order valence-corrected chi connectivity index (χ3v) is 3.48. The molecule has 0 saturated carbocycles. The molecule has 0 spiro atoms. The van der Waals surface area contributed by atoms with E-state index in [1.54, 1.807) is 17.9 Å². The van der Waals surface area contributed by atoms with Gasteiger partial charge < -0.3 is 10.6 Å². The summed E-state index contributed by atoms with van der Waals surface area (Å²) in [5, 5.41) is 0. The Hall–Kier alpha value is -2.20. The SMILES string of the molecule is CCN(C(=O)c1cc(F)ccc1C)c1ccc(CN)cc1. The summed E-state index contributed by atoms with van der Waals surface area (Å²) in [6.07, 6.45) is 0. The Kier molecular flexibility index (Phi) is 4.70. The number of carbonyl (C=O) groups excluding carboxylic acids is 1. The van der Waals surface area contributed by atoms with Crippen LogP contribution in [-0.2, 0) is 6.54 Å². The zero-order chi connectivity index (χ0) is 15.4. The van der Waals surface area contributed by atoms with Gasteiger partial charge in [0.15, 0.2) is 0 Å². The van der Waals surface area contributed by atoms with Crippen molar-refractivity contribution in [1.29, 1.82) is 0 Å². The number of anilines is 1. The lowest BCUT2D eigenvalue weighted by atomic mass is 10.1. The van der Waals surface area contributed by atoms with Gasteiger partial charge in [-0.05, 0) is 49.2 Å². The fourth-order valence-electron chi connectivity index (χ4n) is 2.23. The minimum Gasteiger partial charge on any atom is -0.326 e. The first kappa shape index (κ1) is 15.2. The molecule has 0 aliphatic rings. The van der Waals surface area contributed by atoms with Crippen LogP contribution < -0.4 is 10.6 Å². The molecule has 2 aromatic carbocycles. The van der Waals surface area contributed by atoms with Gasteiger partial charge in [-0.15, -0.1) is 0 Å². The first-order chi connectivity index (χ1) is 10.1. The van der Waals surface area contributed by atoms with E-state index in [1.807, 2.05) is 31.2 Å². The highest BCUT2D eigenvalue weighted by Crippen LogP contribution is 2.20. The van der Waals surface area contributed by atoms with Crippen LogP contribution in [0.5, 0.6) is 0 Å². The molecule has 0 radical (unpaired) electrons. The quantitative estimate of drug-likeness (QED) is 0.937. The average molecular weight is 286 g/mol. The molecule has 2 N–H and O–H groups in total. The third kappa shape index (κ3) is 3.28. The molecule has 0 aliphatic heterocycles. The Bertz CT molecular complexity index is 638. The molecule has 0 fully saturated rings. The molecule has 0 aromatic heterocycles. The van der Waals surface area contributed by atoms with Crippen LogP contribution in [0.15, 0.2) is 42.5 Å². The van der Waals surface area contributed by atoms with Crippen molar-refractivity contribution in [3.8, 4) is 0 Å². The van der Waals surface area contributed by atoms with Crippen molar-refractivity contribution < 1.29 is 9.18 Å². The minimum absolute atomic E-state index is 0.199. The van der Waals surface area contributed by atoms with Crippen LogP contribution in [0.25, 0.3) is 0 Å². The largest absolute Gasteiger partial charge is 0.326 e. The fourth-order valence-corrected chi connectivity index (χ4v) is 2.23. The highest BCUT2D eigenvalue weighted by Gasteiger charge is 2.18. The Morgan fingerprint density at radius 1 is 1.19 bits per heavy atom. The summed E-state index contributed by atoms with van der Waals surface area (Å²) in [7, 11) is 0. The van der Waals surface area contributed by atoms with Crippen molar-refractivity contribution in [2.75, 3.05) is 11.4 Å². The lowest BCUT2D eigenvalue weighted by Gasteiger charge is -2.22.